The maximum atomic E-state index is 10.2. The summed E-state index contributed by atoms with van der Waals surface area (Å²) < 4.78 is 20.5. The van der Waals surface area contributed by atoms with Crippen molar-refractivity contribution in [1.82, 2.24) is 4.90 Å². The molecule has 0 saturated carbocycles. The second-order valence-electron chi connectivity index (χ2n) is 3.47. The van der Waals surface area contributed by atoms with E-state index in [4.69, 9.17) is 0 Å². The van der Waals surface area contributed by atoms with Gasteiger partial charge < -0.3 is 4.55 Å². The van der Waals surface area contributed by atoms with Crippen LogP contribution in [0.3, 0.4) is 0 Å². The maximum Gasteiger partial charge on any atom is 0.0613 e. The lowest BCUT2D eigenvalue weighted by Crippen LogP contribution is -2.49. The Hall–Kier alpha value is 0.0700. The minimum absolute atomic E-state index is 0.212. The highest BCUT2D eigenvalue weighted by Gasteiger charge is 2.28. The lowest BCUT2D eigenvalue weighted by atomic mass is 9.89. The van der Waals surface area contributed by atoms with Crippen LogP contribution in [-0.4, -0.2) is 32.6 Å². The van der Waals surface area contributed by atoms with Gasteiger partial charge in [0.05, 0.1) is 5.88 Å². The van der Waals surface area contributed by atoms with E-state index in [-0.39, 0.29) is 5.88 Å². The van der Waals surface area contributed by atoms with Crippen LogP contribution in [0, 0.1) is 11.8 Å². The first-order chi connectivity index (χ1) is 5.09. The molecule has 1 saturated heterocycles. The molecule has 1 aliphatic heterocycles. The summed E-state index contributed by atoms with van der Waals surface area (Å²) in [6.45, 7) is 6.25. The highest BCUT2D eigenvalue weighted by molar-refractivity contribution is 7.79. The number of rotatable bonds is 3. The van der Waals surface area contributed by atoms with E-state index < -0.39 is 11.1 Å². The highest BCUT2D eigenvalue weighted by Crippen LogP contribution is 2.22. The molecule has 0 N–H and O–H groups in total. The zero-order chi connectivity index (χ0) is 8.43. The first-order valence-electron chi connectivity index (χ1n) is 3.88. The van der Waals surface area contributed by atoms with Crippen molar-refractivity contribution >= 4 is 11.1 Å². The van der Waals surface area contributed by atoms with Crippen LogP contribution in [0.1, 0.15) is 13.8 Å². The van der Waals surface area contributed by atoms with Gasteiger partial charge in [-0.05, 0) is 22.9 Å². The van der Waals surface area contributed by atoms with Crippen LogP contribution in [0.2, 0.25) is 0 Å². The summed E-state index contributed by atoms with van der Waals surface area (Å²) in [4.78, 5) is 1.95. The summed E-state index contributed by atoms with van der Waals surface area (Å²) in [6.07, 6.45) is 0. The van der Waals surface area contributed by atoms with Gasteiger partial charge >= 0.3 is 0 Å². The van der Waals surface area contributed by atoms with E-state index in [1.54, 1.807) is 0 Å². The Labute approximate surface area is 70.1 Å². The molecule has 1 fully saturated rings. The molecule has 0 aromatic carbocycles. The Morgan fingerprint density at radius 1 is 1.64 bits per heavy atom. The molecule has 3 nitrogen and oxygen atoms in total. The van der Waals surface area contributed by atoms with Crippen molar-refractivity contribution in [2.45, 2.75) is 13.8 Å². The largest absolute Gasteiger partial charge is 0.771 e. The van der Waals surface area contributed by atoms with Crippen LogP contribution in [0.4, 0.5) is 0 Å². The fraction of sp³-hybridized carbons (Fsp3) is 1.00. The third-order valence-electron chi connectivity index (χ3n) is 2.22. The van der Waals surface area contributed by atoms with Crippen LogP contribution in [0.25, 0.3) is 0 Å². The Morgan fingerprint density at radius 3 is 2.55 bits per heavy atom. The van der Waals surface area contributed by atoms with E-state index in [0.29, 0.717) is 11.8 Å². The average molecular weight is 176 g/mol. The molecular formula is C7H14NO2S-. The second-order valence-corrected chi connectivity index (χ2v) is 4.34. The number of nitrogens with zero attached hydrogens (tertiary/aromatic N) is 1. The molecule has 0 bridgehead atoms. The van der Waals surface area contributed by atoms with Crippen LogP contribution in [-0.2, 0) is 11.1 Å². The predicted octanol–water partition coefficient (Wildman–Crippen LogP) is 0.411. The quantitative estimate of drug-likeness (QED) is 0.585. The van der Waals surface area contributed by atoms with Crippen molar-refractivity contribution in [3.05, 3.63) is 0 Å². The molecule has 11 heavy (non-hydrogen) atoms. The first kappa shape index (κ1) is 9.16. The summed E-state index contributed by atoms with van der Waals surface area (Å²) in [7, 11) is 0. The van der Waals surface area contributed by atoms with E-state index in [1.165, 1.54) is 0 Å². The molecule has 1 rings (SSSR count). The van der Waals surface area contributed by atoms with Crippen molar-refractivity contribution in [3.63, 3.8) is 0 Å². The van der Waals surface area contributed by atoms with Crippen LogP contribution >= 0.6 is 0 Å². The van der Waals surface area contributed by atoms with Crippen molar-refractivity contribution in [2.24, 2.45) is 11.8 Å². The predicted molar refractivity (Wildman–Crippen MR) is 43.7 cm³/mol. The van der Waals surface area contributed by atoms with E-state index >= 15 is 0 Å². The molecule has 0 spiro atoms. The minimum Gasteiger partial charge on any atom is -0.771 e. The molecule has 0 aliphatic carbocycles. The Bertz CT molecular complexity index is 155. The summed E-state index contributed by atoms with van der Waals surface area (Å²) in [6, 6.07) is 0. The fourth-order valence-electron chi connectivity index (χ4n) is 1.29. The number of hydrogen-bond donors (Lipinski definition) is 0. The lowest BCUT2D eigenvalue weighted by Gasteiger charge is -2.41. The zero-order valence-corrected chi connectivity index (χ0v) is 7.76. The summed E-state index contributed by atoms with van der Waals surface area (Å²) in [5, 5.41) is 0. The fourth-order valence-corrected chi connectivity index (χ4v) is 1.79. The van der Waals surface area contributed by atoms with Gasteiger partial charge in [0.25, 0.3) is 0 Å². The second kappa shape index (κ2) is 3.65. The van der Waals surface area contributed by atoms with Gasteiger partial charge in [0.15, 0.2) is 0 Å². The van der Waals surface area contributed by atoms with E-state index in [1.807, 2.05) is 4.90 Å². The summed E-state index contributed by atoms with van der Waals surface area (Å²) in [5.74, 6) is 1.60. The molecule has 4 heteroatoms. The Balaban J connectivity index is 2.14. The maximum absolute atomic E-state index is 10.2. The molecular weight excluding hydrogens is 162 g/mol. The van der Waals surface area contributed by atoms with E-state index in [9.17, 15) is 8.76 Å². The Morgan fingerprint density at radius 2 is 2.18 bits per heavy atom. The van der Waals surface area contributed by atoms with Crippen molar-refractivity contribution in [1.29, 1.82) is 0 Å². The molecule has 0 radical (unpaired) electrons. The molecule has 1 atom stereocenters. The third kappa shape index (κ3) is 2.54. The topological polar surface area (TPSA) is 43.4 Å². The zero-order valence-electron chi connectivity index (χ0n) is 6.95. The smallest absolute Gasteiger partial charge is 0.0613 e. The van der Waals surface area contributed by atoms with E-state index in [2.05, 4.69) is 13.8 Å². The van der Waals surface area contributed by atoms with Crippen molar-refractivity contribution < 1.29 is 8.76 Å². The van der Waals surface area contributed by atoms with Crippen LogP contribution < -0.4 is 0 Å². The van der Waals surface area contributed by atoms with Gasteiger partial charge in [0.1, 0.15) is 0 Å². The molecule has 0 aromatic heterocycles. The standard InChI is InChI=1S/C7H15NO2S/c1-6(2)7-3-8(4-7)5-11(9)10/h6-7H,3-5H2,1-2H3,(H,9,10)/p-1. The number of likely N-dealkylation sites (tertiary alicyclic amines) is 1. The summed E-state index contributed by atoms with van der Waals surface area (Å²) >= 11 is -1.90. The first-order valence-corrected chi connectivity index (χ1v) is 5.12. The highest BCUT2D eigenvalue weighted by atomic mass is 32.2. The molecule has 1 unspecified atom stereocenters. The van der Waals surface area contributed by atoms with Gasteiger partial charge in [-0.2, -0.15) is 0 Å². The average Bonchev–Trinajstić information content (AvgIpc) is 1.75. The van der Waals surface area contributed by atoms with Crippen LogP contribution in [0.5, 0.6) is 0 Å². The van der Waals surface area contributed by atoms with Gasteiger partial charge in [-0.15, -0.1) is 0 Å². The van der Waals surface area contributed by atoms with Crippen molar-refractivity contribution in [2.75, 3.05) is 19.0 Å². The van der Waals surface area contributed by atoms with Crippen LogP contribution in [0.15, 0.2) is 0 Å². The summed E-state index contributed by atoms with van der Waals surface area (Å²) in [5.41, 5.74) is 0. The van der Waals surface area contributed by atoms with E-state index in [0.717, 1.165) is 13.1 Å². The minimum atomic E-state index is -1.90. The molecule has 1 heterocycles. The van der Waals surface area contributed by atoms with Gasteiger partial charge in [0.2, 0.25) is 0 Å². The number of hydrogen-bond acceptors (Lipinski definition) is 3. The normalized spacial score (nSPS) is 23.6. The third-order valence-corrected chi connectivity index (χ3v) is 2.79. The van der Waals surface area contributed by atoms with Gasteiger partial charge in [-0.1, -0.05) is 13.8 Å². The monoisotopic (exact) mass is 176 g/mol. The molecule has 0 amide bonds. The molecule has 1 aliphatic rings. The van der Waals surface area contributed by atoms with Gasteiger partial charge in [-0.3, -0.25) is 9.11 Å². The molecule has 0 aromatic rings. The Kier molecular flexibility index (Phi) is 3.04. The molecule has 66 valence electrons. The van der Waals surface area contributed by atoms with Gasteiger partial charge in [-0.25, -0.2) is 0 Å². The van der Waals surface area contributed by atoms with Crippen molar-refractivity contribution in [3.8, 4) is 0 Å². The lowest BCUT2D eigenvalue weighted by molar-refractivity contribution is 0.0871. The van der Waals surface area contributed by atoms with Gasteiger partial charge in [0, 0.05) is 13.1 Å². The SMILES string of the molecule is CC(C)C1CN(CS(=O)[O-])C1.